The van der Waals surface area contributed by atoms with Crippen molar-refractivity contribution in [2.75, 3.05) is 40.5 Å². The van der Waals surface area contributed by atoms with Crippen LogP contribution in [0.15, 0.2) is 60.7 Å². The van der Waals surface area contributed by atoms with E-state index in [1.54, 1.807) is 0 Å². The molecule has 1 aliphatic heterocycles. The van der Waals surface area contributed by atoms with E-state index in [1.165, 1.54) is 0 Å². The van der Waals surface area contributed by atoms with Crippen LogP contribution in [0.4, 0.5) is 0 Å². The lowest BCUT2D eigenvalue weighted by molar-refractivity contribution is -0.120. The van der Waals surface area contributed by atoms with Crippen molar-refractivity contribution in [3.8, 4) is 22.6 Å². The normalized spacial score (nSPS) is 15.0. The van der Waals surface area contributed by atoms with E-state index in [4.69, 9.17) is 9.47 Å². The highest BCUT2D eigenvalue weighted by atomic mass is 16.7. The van der Waals surface area contributed by atoms with Crippen LogP contribution in [0.1, 0.15) is 46.8 Å². The Morgan fingerprint density at radius 2 is 1.63 bits per heavy atom. The van der Waals surface area contributed by atoms with Gasteiger partial charge >= 0.3 is 0 Å². The van der Waals surface area contributed by atoms with Gasteiger partial charge in [0.25, 0.3) is 5.91 Å². The molecule has 0 spiro atoms. The van der Waals surface area contributed by atoms with E-state index in [9.17, 15) is 9.59 Å². The monoisotopic (exact) mass is 512 g/mol. The largest absolute Gasteiger partial charge is 0.454 e. The Balaban J connectivity index is 1.31. The average molecular weight is 513 g/mol. The van der Waals surface area contributed by atoms with Crippen LogP contribution in [0, 0.1) is 6.92 Å². The number of rotatable bonds is 10. The Bertz CT molecular complexity index is 1340. The van der Waals surface area contributed by atoms with Crippen LogP contribution in [0.5, 0.6) is 11.5 Å². The molecule has 1 aliphatic carbocycles. The van der Waals surface area contributed by atoms with Crippen LogP contribution in [0.2, 0.25) is 0 Å². The van der Waals surface area contributed by atoms with Crippen molar-refractivity contribution in [2.45, 2.75) is 38.5 Å². The number of fused-ring (bicyclic) bond motifs is 1. The number of carbonyl (C=O) groups is 2. The van der Waals surface area contributed by atoms with E-state index in [2.05, 4.69) is 24.0 Å². The second-order valence-corrected chi connectivity index (χ2v) is 10.7. The fraction of sp³-hybridized carbons (Fsp3) is 0.375. The van der Waals surface area contributed by atoms with Gasteiger partial charge in [-0.05, 0) is 92.9 Å². The number of carbonyl (C=O) groups excluding carboxylic acids is 2. The molecule has 0 aromatic heterocycles. The van der Waals surface area contributed by atoms with Gasteiger partial charge in [0.05, 0.1) is 5.41 Å². The maximum Gasteiger partial charge on any atom is 0.253 e. The summed E-state index contributed by atoms with van der Waals surface area (Å²) in [5.74, 6) is 1.75. The summed E-state index contributed by atoms with van der Waals surface area (Å²) >= 11 is 0. The van der Waals surface area contributed by atoms with Gasteiger partial charge in [-0.3, -0.25) is 9.59 Å². The minimum atomic E-state index is -0.425. The summed E-state index contributed by atoms with van der Waals surface area (Å²) in [6.45, 7) is 6.53. The molecule has 1 saturated carbocycles. The molecule has 3 aromatic carbocycles. The maximum atomic E-state index is 13.5. The molecule has 5 rings (SSSR count). The first-order chi connectivity index (χ1) is 18.3. The molecule has 6 heteroatoms. The van der Waals surface area contributed by atoms with Crippen molar-refractivity contribution in [3.05, 3.63) is 82.9 Å². The molecular weight excluding hydrogens is 476 g/mol. The minimum absolute atomic E-state index is 0.0511. The number of benzene rings is 3. The lowest BCUT2D eigenvalue weighted by Gasteiger charge is -2.23. The van der Waals surface area contributed by atoms with Crippen molar-refractivity contribution in [1.82, 2.24) is 9.80 Å². The summed E-state index contributed by atoms with van der Waals surface area (Å²) in [7, 11) is 4.03. The SMILES string of the molecule is CCN(CCN(C)C)C(=O)c1ccc(-c2cc(CC(=O)C3(c4ccc5c(c4)OCO5)CC3)ccc2C)cc1. The van der Waals surface area contributed by atoms with Crippen LogP contribution in [0.3, 0.4) is 0 Å². The number of Topliss-reactive ketones (excluding diaryl/α,β-unsaturated/α-hetero) is 1. The van der Waals surface area contributed by atoms with Crippen LogP contribution in [-0.2, 0) is 16.6 Å². The number of amides is 1. The van der Waals surface area contributed by atoms with Gasteiger partial charge in [-0.15, -0.1) is 0 Å². The van der Waals surface area contributed by atoms with E-state index in [1.807, 2.05) is 74.4 Å². The van der Waals surface area contributed by atoms with Gasteiger partial charge in [0, 0.05) is 31.6 Å². The molecule has 1 heterocycles. The first kappa shape index (κ1) is 26.0. The van der Waals surface area contributed by atoms with Gasteiger partial charge in [0.1, 0.15) is 5.78 Å². The Morgan fingerprint density at radius 3 is 2.32 bits per heavy atom. The molecule has 0 N–H and O–H groups in total. The zero-order valence-corrected chi connectivity index (χ0v) is 22.8. The van der Waals surface area contributed by atoms with Gasteiger partial charge in [-0.25, -0.2) is 0 Å². The van der Waals surface area contributed by atoms with Gasteiger partial charge < -0.3 is 19.3 Å². The smallest absolute Gasteiger partial charge is 0.253 e. The Morgan fingerprint density at radius 1 is 0.895 bits per heavy atom. The Kier molecular flexibility index (Phi) is 7.26. The number of hydrogen-bond donors (Lipinski definition) is 0. The van der Waals surface area contributed by atoms with Gasteiger partial charge in [0.2, 0.25) is 6.79 Å². The summed E-state index contributed by atoms with van der Waals surface area (Å²) in [5.41, 5.74) is 5.56. The first-order valence-electron chi connectivity index (χ1n) is 13.4. The molecule has 0 saturated heterocycles. The molecule has 2 aliphatic rings. The third-order valence-corrected chi connectivity index (χ3v) is 7.80. The molecular formula is C32H36N2O4. The molecule has 0 unspecified atom stereocenters. The predicted molar refractivity (Wildman–Crippen MR) is 149 cm³/mol. The fourth-order valence-electron chi connectivity index (χ4n) is 5.19. The molecule has 38 heavy (non-hydrogen) atoms. The van der Waals surface area contributed by atoms with Crippen molar-refractivity contribution in [3.63, 3.8) is 0 Å². The highest BCUT2D eigenvalue weighted by Crippen LogP contribution is 2.51. The molecule has 0 atom stereocenters. The van der Waals surface area contributed by atoms with Crippen LogP contribution in [-0.4, -0.2) is 62.0 Å². The summed E-state index contributed by atoms with van der Waals surface area (Å²) < 4.78 is 11.0. The second kappa shape index (κ2) is 10.6. The fourth-order valence-corrected chi connectivity index (χ4v) is 5.19. The molecule has 3 aromatic rings. The average Bonchev–Trinajstić information content (AvgIpc) is 3.60. The topological polar surface area (TPSA) is 59.1 Å². The van der Waals surface area contributed by atoms with Crippen LogP contribution >= 0.6 is 0 Å². The number of nitrogens with zero attached hydrogens (tertiary/aromatic N) is 2. The van der Waals surface area contributed by atoms with Gasteiger partial charge in [-0.2, -0.15) is 0 Å². The summed E-state index contributed by atoms with van der Waals surface area (Å²) in [6, 6.07) is 20.0. The molecule has 1 fully saturated rings. The summed E-state index contributed by atoms with van der Waals surface area (Å²) in [5, 5.41) is 0. The number of aryl methyl sites for hydroxylation is 1. The molecule has 0 radical (unpaired) electrons. The quantitative estimate of drug-likeness (QED) is 0.371. The lowest BCUT2D eigenvalue weighted by Crippen LogP contribution is -2.36. The Hall–Kier alpha value is -3.64. The van der Waals surface area contributed by atoms with Crippen LogP contribution < -0.4 is 9.47 Å². The highest BCUT2D eigenvalue weighted by molar-refractivity contribution is 5.96. The summed E-state index contributed by atoms with van der Waals surface area (Å²) in [4.78, 5) is 30.5. The summed E-state index contributed by atoms with van der Waals surface area (Å²) in [6.07, 6.45) is 2.11. The van der Waals surface area contributed by atoms with Gasteiger partial charge in [0.15, 0.2) is 11.5 Å². The second-order valence-electron chi connectivity index (χ2n) is 10.7. The number of likely N-dealkylation sites (N-methyl/N-ethyl adjacent to an activating group) is 2. The predicted octanol–water partition coefficient (Wildman–Crippen LogP) is 5.26. The van der Waals surface area contributed by atoms with E-state index < -0.39 is 5.41 Å². The third kappa shape index (κ3) is 5.18. The zero-order chi connectivity index (χ0) is 26.9. The number of ether oxygens (including phenoxy) is 2. The third-order valence-electron chi connectivity index (χ3n) is 7.80. The molecule has 0 bridgehead atoms. The number of ketones is 1. The zero-order valence-electron chi connectivity index (χ0n) is 22.8. The molecule has 6 nitrogen and oxygen atoms in total. The van der Waals surface area contributed by atoms with E-state index in [-0.39, 0.29) is 18.5 Å². The van der Waals surface area contributed by atoms with E-state index >= 15 is 0 Å². The molecule has 198 valence electrons. The maximum absolute atomic E-state index is 13.5. The van der Waals surface area contributed by atoms with Gasteiger partial charge in [-0.1, -0.05) is 36.4 Å². The first-order valence-corrected chi connectivity index (χ1v) is 13.4. The minimum Gasteiger partial charge on any atom is -0.454 e. The number of hydrogen-bond acceptors (Lipinski definition) is 5. The highest BCUT2D eigenvalue weighted by Gasteiger charge is 2.50. The lowest BCUT2D eigenvalue weighted by atomic mass is 9.87. The van der Waals surface area contributed by atoms with Crippen molar-refractivity contribution in [2.24, 2.45) is 0 Å². The molecule has 1 amide bonds. The van der Waals surface area contributed by atoms with Crippen molar-refractivity contribution < 1.29 is 19.1 Å². The standard InChI is InChI=1S/C32H36N2O4/c1-5-34(17-16-33(3)4)31(36)25-10-8-24(9-11-25)27-18-23(7-6-22(27)2)19-30(35)32(14-15-32)26-12-13-28-29(20-26)38-21-37-28/h6-13,18,20H,5,14-17,19,21H2,1-4H3. The Labute approximate surface area is 225 Å². The van der Waals surface area contributed by atoms with Crippen molar-refractivity contribution >= 4 is 11.7 Å². The van der Waals surface area contributed by atoms with E-state index in [0.29, 0.717) is 25.1 Å². The van der Waals surface area contributed by atoms with E-state index in [0.717, 1.165) is 58.7 Å². The van der Waals surface area contributed by atoms with Crippen molar-refractivity contribution in [1.29, 1.82) is 0 Å². The van der Waals surface area contributed by atoms with Crippen LogP contribution in [0.25, 0.3) is 11.1 Å².